The predicted octanol–water partition coefficient (Wildman–Crippen LogP) is 0.648. The van der Waals surface area contributed by atoms with Crippen LogP contribution in [0.25, 0.3) is 0 Å². The van der Waals surface area contributed by atoms with E-state index in [9.17, 15) is 8.42 Å². The van der Waals surface area contributed by atoms with Crippen molar-refractivity contribution in [3.8, 4) is 0 Å². The van der Waals surface area contributed by atoms with E-state index in [4.69, 9.17) is 16.0 Å². The lowest BCUT2D eigenvalue weighted by Gasteiger charge is -2.24. The van der Waals surface area contributed by atoms with Crippen molar-refractivity contribution in [2.45, 2.75) is 5.88 Å². The normalized spacial score (nSPS) is 20.5. The van der Waals surface area contributed by atoms with Crippen LogP contribution in [0.2, 0.25) is 0 Å². The second kappa shape index (κ2) is 4.02. The third-order valence-electron chi connectivity index (χ3n) is 2.29. The minimum absolute atomic E-state index is 0.158. The zero-order valence-electron chi connectivity index (χ0n) is 8.02. The second-order valence-corrected chi connectivity index (χ2v) is 5.96. The van der Waals surface area contributed by atoms with E-state index in [1.807, 2.05) is 4.90 Å². The van der Waals surface area contributed by atoms with Crippen molar-refractivity contribution in [2.75, 3.05) is 29.5 Å². The van der Waals surface area contributed by atoms with Crippen LogP contribution in [0.1, 0.15) is 5.69 Å². The number of nitrogens with zero attached hydrogens (tertiary/aromatic N) is 2. The van der Waals surface area contributed by atoms with E-state index < -0.39 is 9.84 Å². The van der Waals surface area contributed by atoms with Crippen LogP contribution in [0.15, 0.2) is 10.7 Å². The Morgan fingerprint density at radius 1 is 1.47 bits per heavy atom. The van der Waals surface area contributed by atoms with Crippen LogP contribution in [0.4, 0.5) is 6.01 Å². The van der Waals surface area contributed by atoms with Gasteiger partial charge in [0.05, 0.1) is 23.1 Å². The molecular weight excluding hydrogens is 240 g/mol. The molecule has 0 radical (unpaired) electrons. The van der Waals surface area contributed by atoms with Gasteiger partial charge in [-0.25, -0.2) is 8.42 Å². The SMILES string of the molecule is O=S1(=O)CCN(c2nc(CCl)co2)CC1. The molecule has 1 fully saturated rings. The first-order chi connectivity index (χ1) is 7.11. The lowest BCUT2D eigenvalue weighted by Crippen LogP contribution is -2.40. The number of halogens is 1. The molecule has 0 aromatic carbocycles. The molecule has 0 N–H and O–H groups in total. The summed E-state index contributed by atoms with van der Waals surface area (Å²) in [5, 5.41) is 0. The average Bonchev–Trinajstić information content (AvgIpc) is 2.66. The number of anilines is 1. The van der Waals surface area contributed by atoms with Crippen LogP contribution in [0.5, 0.6) is 0 Å². The molecule has 0 atom stereocenters. The number of aromatic nitrogens is 1. The fourth-order valence-electron chi connectivity index (χ4n) is 1.41. The Labute approximate surface area is 93.0 Å². The highest BCUT2D eigenvalue weighted by Crippen LogP contribution is 2.17. The average molecular weight is 251 g/mol. The van der Waals surface area contributed by atoms with E-state index in [-0.39, 0.29) is 11.5 Å². The molecule has 1 aliphatic heterocycles. The zero-order chi connectivity index (χ0) is 10.9. The summed E-state index contributed by atoms with van der Waals surface area (Å²) < 4.78 is 27.6. The molecule has 1 saturated heterocycles. The topological polar surface area (TPSA) is 63.4 Å². The van der Waals surface area contributed by atoms with Gasteiger partial charge in [0.1, 0.15) is 6.26 Å². The highest BCUT2D eigenvalue weighted by atomic mass is 35.5. The summed E-state index contributed by atoms with van der Waals surface area (Å²) in [6, 6.07) is 0.459. The van der Waals surface area contributed by atoms with Gasteiger partial charge in [-0.1, -0.05) is 0 Å². The maximum atomic E-state index is 11.2. The van der Waals surface area contributed by atoms with Crippen molar-refractivity contribution in [1.29, 1.82) is 0 Å². The molecule has 0 bridgehead atoms. The number of hydrogen-bond donors (Lipinski definition) is 0. The van der Waals surface area contributed by atoms with E-state index in [1.165, 1.54) is 6.26 Å². The van der Waals surface area contributed by atoms with Gasteiger partial charge < -0.3 is 9.32 Å². The third-order valence-corrected chi connectivity index (χ3v) is 4.17. The minimum Gasteiger partial charge on any atom is -0.432 e. The summed E-state index contributed by atoms with van der Waals surface area (Å²) in [5.74, 6) is 0.618. The third kappa shape index (κ3) is 2.43. The Morgan fingerprint density at radius 2 is 2.13 bits per heavy atom. The lowest BCUT2D eigenvalue weighted by atomic mass is 10.5. The summed E-state index contributed by atoms with van der Waals surface area (Å²) in [4.78, 5) is 5.95. The first-order valence-corrected chi connectivity index (χ1v) is 6.92. The van der Waals surface area contributed by atoms with Gasteiger partial charge in [0.25, 0.3) is 6.01 Å². The smallest absolute Gasteiger partial charge is 0.297 e. The number of rotatable bonds is 2. The van der Waals surface area contributed by atoms with Crippen molar-refractivity contribution in [3.05, 3.63) is 12.0 Å². The maximum Gasteiger partial charge on any atom is 0.297 e. The first-order valence-electron chi connectivity index (χ1n) is 4.56. The maximum absolute atomic E-state index is 11.2. The Balaban J connectivity index is 2.07. The highest BCUT2D eigenvalue weighted by molar-refractivity contribution is 7.91. The number of oxazole rings is 1. The van der Waals surface area contributed by atoms with Crippen molar-refractivity contribution in [2.24, 2.45) is 0 Å². The molecule has 1 aromatic heterocycles. The molecule has 0 unspecified atom stereocenters. The highest BCUT2D eigenvalue weighted by Gasteiger charge is 2.24. The molecule has 2 heterocycles. The molecule has 7 heteroatoms. The second-order valence-electron chi connectivity index (χ2n) is 3.39. The van der Waals surface area contributed by atoms with Gasteiger partial charge in [-0.3, -0.25) is 0 Å². The lowest BCUT2D eigenvalue weighted by molar-refractivity contribution is 0.530. The largest absolute Gasteiger partial charge is 0.432 e. The van der Waals surface area contributed by atoms with Crippen LogP contribution >= 0.6 is 11.6 Å². The molecule has 1 aliphatic rings. The quantitative estimate of drug-likeness (QED) is 0.721. The first kappa shape index (κ1) is 10.8. The van der Waals surface area contributed by atoms with Crippen LogP contribution < -0.4 is 4.90 Å². The Bertz CT molecular complexity index is 428. The van der Waals surface area contributed by atoms with E-state index >= 15 is 0 Å². The van der Waals surface area contributed by atoms with Gasteiger partial charge in [0.15, 0.2) is 9.84 Å². The van der Waals surface area contributed by atoms with Gasteiger partial charge in [-0.2, -0.15) is 4.98 Å². The number of hydrogen-bond acceptors (Lipinski definition) is 5. The van der Waals surface area contributed by atoms with E-state index in [2.05, 4.69) is 4.98 Å². The van der Waals surface area contributed by atoms with Crippen molar-refractivity contribution < 1.29 is 12.8 Å². The van der Waals surface area contributed by atoms with Gasteiger partial charge >= 0.3 is 0 Å². The molecule has 5 nitrogen and oxygen atoms in total. The van der Waals surface area contributed by atoms with Gasteiger partial charge in [0.2, 0.25) is 0 Å². The summed E-state index contributed by atoms with van der Waals surface area (Å²) in [5.41, 5.74) is 0.667. The predicted molar refractivity (Wildman–Crippen MR) is 56.9 cm³/mol. The number of alkyl halides is 1. The molecule has 84 valence electrons. The Kier molecular flexibility index (Phi) is 2.88. The van der Waals surface area contributed by atoms with Gasteiger partial charge in [0, 0.05) is 13.1 Å². The summed E-state index contributed by atoms with van der Waals surface area (Å²) in [7, 11) is -2.86. The molecule has 15 heavy (non-hydrogen) atoms. The Hall–Kier alpha value is -0.750. The van der Waals surface area contributed by atoms with Crippen molar-refractivity contribution >= 4 is 27.5 Å². The molecule has 1 aromatic rings. The van der Waals surface area contributed by atoms with Crippen LogP contribution in [0, 0.1) is 0 Å². The van der Waals surface area contributed by atoms with Crippen LogP contribution in [-0.4, -0.2) is 38.0 Å². The summed E-state index contributed by atoms with van der Waals surface area (Å²) in [6.45, 7) is 0.870. The monoisotopic (exact) mass is 250 g/mol. The van der Waals surface area contributed by atoms with E-state index in [0.717, 1.165) is 0 Å². The Morgan fingerprint density at radius 3 is 2.67 bits per heavy atom. The van der Waals surface area contributed by atoms with Crippen molar-refractivity contribution in [1.82, 2.24) is 4.98 Å². The minimum atomic E-state index is -2.86. The molecular formula is C8H11ClN2O3S. The molecule has 0 aliphatic carbocycles. The zero-order valence-corrected chi connectivity index (χ0v) is 9.59. The van der Waals surface area contributed by atoms with Crippen LogP contribution in [-0.2, 0) is 15.7 Å². The molecule has 0 saturated carbocycles. The molecule has 0 spiro atoms. The van der Waals surface area contributed by atoms with Gasteiger partial charge in [-0.05, 0) is 0 Å². The fourth-order valence-corrected chi connectivity index (χ4v) is 2.73. The van der Waals surface area contributed by atoms with Crippen LogP contribution in [0.3, 0.4) is 0 Å². The fraction of sp³-hybridized carbons (Fsp3) is 0.625. The summed E-state index contributed by atoms with van der Waals surface area (Å²) in [6.07, 6.45) is 1.49. The summed E-state index contributed by atoms with van der Waals surface area (Å²) >= 11 is 5.59. The molecule has 2 rings (SSSR count). The van der Waals surface area contributed by atoms with E-state index in [1.54, 1.807) is 0 Å². The van der Waals surface area contributed by atoms with Gasteiger partial charge in [-0.15, -0.1) is 11.6 Å². The standard InChI is InChI=1S/C8H11ClN2O3S/c9-5-7-6-14-8(10-7)11-1-3-15(12,13)4-2-11/h6H,1-5H2. The van der Waals surface area contributed by atoms with Crippen molar-refractivity contribution in [3.63, 3.8) is 0 Å². The molecule has 0 amide bonds. The van der Waals surface area contributed by atoms with E-state index in [0.29, 0.717) is 30.7 Å². The number of sulfone groups is 1.